The molecule has 7 heteroatoms. The van der Waals surface area contributed by atoms with Crippen LogP contribution in [0.4, 0.5) is 9.18 Å². The van der Waals surface area contributed by atoms with Crippen LogP contribution < -0.4 is 4.74 Å². The molecule has 1 unspecified atom stereocenters. The SMILES string of the molecule is CC(C)(C)OC(=O)N1CCCC(Oc2nc3ccccc3n2Cc2cccc(F)c2)C1. The van der Waals surface area contributed by atoms with E-state index in [-0.39, 0.29) is 18.0 Å². The standard InChI is InChI=1S/C24H28FN3O3/c1-24(2,3)31-23(29)27-13-7-10-19(16-27)30-22-26-20-11-4-5-12-21(20)28(22)15-17-8-6-9-18(25)14-17/h4-6,8-9,11-12,14,19H,7,10,13,15-16H2,1-3H3. The second-order valence-electron chi connectivity index (χ2n) is 8.91. The summed E-state index contributed by atoms with van der Waals surface area (Å²) in [6.07, 6.45) is 1.13. The summed E-state index contributed by atoms with van der Waals surface area (Å²) in [6.45, 7) is 7.11. The van der Waals surface area contributed by atoms with Gasteiger partial charge in [0.05, 0.1) is 24.1 Å². The number of halogens is 1. The van der Waals surface area contributed by atoms with Crippen molar-refractivity contribution in [3.8, 4) is 6.01 Å². The van der Waals surface area contributed by atoms with E-state index in [9.17, 15) is 9.18 Å². The summed E-state index contributed by atoms with van der Waals surface area (Å²) in [4.78, 5) is 18.8. The third kappa shape index (κ3) is 5.16. The van der Waals surface area contributed by atoms with Crippen molar-refractivity contribution in [3.05, 3.63) is 59.9 Å². The van der Waals surface area contributed by atoms with E-state index in [0.29, 0.717) is 25.6 Å². The van der Waals surface area contributed by atoms with Gasteiger partial charge in [0.25, 0.3) is 6.01 Å². The number of hydrogen-bond donors (Lipinski definition) is 0. The molecule has 31 heavy (non-hydrogen) atoms. The topological polar surface area (TPSA) is 56.6 Å². The van der Waals surface area contributed by atoms with E-state index in [0.717, 1.165) is 29.4 Å². The van der Waals surface area contributed by atoms with Gasteiger partial charge in [0.15, 0.2) is 0 Å². The summed E-state index contributed by atoms with van der Waals surface area (Å²) in [5, 5.41) is 0. The van der Waals surface area contributed by atoms with Gasteiger partial charge in [0.2, 0.25) is 0 Å². The molecule has 1 amide bonds. The number of hydrogen-bond acceptors (Lipinski definition) is 4. The quantitative estimate of drug-likeness (QED) is 0.590. The first-order chi connectivity index (χ1) is 14.8. The fraction of sp³-hybridized carbons (Fsp3) is 0.417. The monoisotopic (exact) mass is 425 g/mol. The molecule has 1 aliphatic heterocycles. The number of fused-ring (bicyclic) bond motifs is 1. The molecule has 3 aromatic rings. The van der Waals surface area contributed by atoms with Crippen LogP contribution in [-0.2, 0) is 11.3 Å². The number of likely N-dealkylation sites (tertiary alicyclic amines) is 1. The van der Waals surface area contributed by atoms with Gasteiger partial charge in [-0.05, 0) is 63.4 Å². The van der Waals surface area contributed by atoms with Crippen molar-refractivity contribution in [1.82, 2.24) is 14.5 Å². The second-order valence-corrected chi connectivity index (χ2v) is 8.91. The first-order valence-electron chi connectivity index (χ1n) is 10.6. The molecule has 0 spiro atoms. The van der Waals surface area contributed by atoms with E-state index >= 15 is 0 Å². The largest absolute Gasteiger partial charge is 0.459 e. The smallest absolute Gasteiger partial charge is 0.410 e. The molecule has 1 aliphatic rings. The van der Waals surface area contributed by atoms with Crippen LogP contribution in [0.5, 0.6) is 6.01 Å². The first kappa shape index (κ1) is 21.2. The Balaban J connectivity index is 1.56. The van der Waals surface area contributed by atoms with Crippen LogP contribution in [0.1, 0.15) is 39.2 Å². The minimum absolute atomic E-state index is 0.190. The van der Waals surface area contributed by atoms with Gasteiger partial charge in [0.1, 0.15) is 17.5 Å². The predicted octanol–water partition coefficient (Wildman–Crippen LogP) is 5.00. The molecule has 2 heterocycles. The molecule has 4 rings (SSSR count). The predicted molar refractivity (Wildman–Crippen MR) is 117 cm³/mol. The van der Waals surface area contributed by atoms with Gasteiger partial charge in [-0.15, -0.1) is 0 Å². The van der Waals surface area contributed by atoms with Crippen LogP contribution in [0.15, 0.2) is 48.5 Å². The summed E-state index contributed by atoms with van der Waals surface area (Å²) in [5.41, 5.74) is 2.02. The molecular formula is C24H28FN3O3. The van der Waals surface area contributed by atoms with E-state index in [4.69, 9.17) is 9.47 Å². The maximum Gasteiger partial charge on any atom is 0.410 e. The molecule has 164 valence electrons. The molecule has 0 saturated carbocycles. The zero-order valence-corrected chi connectivity index (χ0v) is 18.2. The Morgan fingerprint density at radius 2 is 2.00 bits per heavy atom. The summed E-state index contributed by atoms with van der Waals surface area (Å²) < 4.78 is 27.5. The van der Waals surface area contributed by atoms with E-state index in [1.54, 1.807) is 11.0 Å². The molecule has 6 nitrogen and oxygen atoms in total. The van der Waals surface area contributed by atoms with Crippen LogP contribution in [0, 0.1) is 5.82 Å². The molecule has 1 fully saturated rings. The first-order valence-corrected chi connectivity index (χ1v) is 10.6. The van der Waals surface area contributed by atoms with Crippen LogP contribution >= 0.6 is 0 Å². The molecule has 0 bridgehead atoms. The average molecular weight is 426 g/mol. The lowest BCUT2D eigenvalue weighted by Crippen LogP contribution is -2.46. The van der Waals surface area contributed by atoms with Crippen LogP contribution in [0.3, 0.4) is 0 Å². The Labute approximate surface area is 181 Å². The number of amides is 1. The molecular weight excluding hydrogens is 397 g/mol. The highest BCUT2D eigenvalue weighted by atomic mass is 19.1. The van der Waals surface area contributed by atoms with Gasteiger partial charge in [0, 0.05) is 6.54 Å². The Bertz CT molecular complexity index is 1070. The Morgan fingerprint density at radius 1 is 1.19 bits per heavy atom. The maximum absolute atomic E-state index is 13.7. The van der Waals surface area contributed by atoms with Crippen LogP contribution in [0.2, 0.25) is 0 Å². The number of carbonyl (C=O) groups is 1. The van der Waals surface area contributed by atoms with Gasteiger partial charge in [-0.25, -0.2) is 9.18 Å². The van der Waals surface area contributed by atoms with Gasteiger partial charge in [-0.3, -0.25) is 4.57 Å². The van der Waals surface area contributed by atoms with Crippen molar-refractivity contribution in [1.29, 1.82) is 0 Å². The van der Waals surface area contributed by atoms with Gasteiger partial charge in [-0.2, -0.15) is 4.98 Å². The van der Waals surface area contributed by atoms with E-state index in [1.165, 1.54) is 12.1 Å². The lowest BCUT2D eigenvalue weighted by atomic mass is 10.1. The van der Waals surface area contributed by atoms with Gasteiger partial charge < -0.3 is 14.4 Å². The number of aromatic nitrogens is 2. The summed E-state index contributed by atoms with van der Waals surface area (Å²) in [6, 6.07) is 14.8. The molecule has 2 aromatic carbocycles. The summed E-state index contributed by atoms with van der Waals surface area (Å²) >= 11 is 0. The van der Waals surface area contributed by atoms with Crippen molar-refractivity contribution in [2.75, 3.05) is 13.1 Å². The van der Waals surface area contributed by atoms with E-state index < -0.39 is 5.60 Å². The minimum atomic E-state index is -0.538. The van der Waals surface area contributed by atoms with Crippen molar-refractivity contribution in [2.24, 2.45) is 0 Å². The lowest BCUT2D eigenvalue weighted by molar-refractivity contribution is 0.00626. The number of piperidine rings is 1. The number of benzene rings is 2. The number of nitrogens with zero attached hydrogens (tertiary/aromatic N) is 3. The van der Waals surface area contributed by atoms with E-state index in [2.05, 4.69) is 4.98 Å². The van der Waals surface area contributed by atoms with Crippen molar-refractivity contribution in [2.45, 2.75) is 51.9 Å². The van der Waals surface area contributed by atoms with Gasteiger partial charge >= 0.3 is 6.09 Å². The third-order valence-electron chi connectivity index (χ3n) is 5.15. The van der Waals surface area contributed by atoms with Crippen molar-refractivity contribution in [3.63, 3.8) is 0 Å². The highest BCUT2D eigenvalue weighted by Crippen LogP contribution is 2.26. The highest BCUT2D eigenvalue weighted by Gasteiger charge is 2.29. The number of carbonyl (C=O) groups excluding carboxylic acids is 1. The zero-order valence-electron chi connectivity index (χ0n) is 18.2. The van der Waals surface area contributed by atoms with Crippen molar-refractivity contribution < 1.29 is 18.7 Å². The number of ether oxygens (including phenoxy) is 2. The molecule has 0 N–H and O–H groups in total. The number of rotatable bonds is 4. The zero-order chi connectivity index (χ0) is 22.0. The van der Waals surface area contributed by atoms with E-state index in [1.807, 2.05) is 55.7 Å². The fourth-order valence-corrected chi connectivity index (χ4v) is 3.79. The van der Waals surface area contributed by atoms with Crippen molar-refractivity contribution >= 4 is 17.1 Å². The molecule has 1 aromatic heterocycles. The number of imidazole rings is 1. The van der Waals surface area contributed by atoms with Gasteiger partial charge in [-0.1, -0.05) is 24.3 Å². The Kier molecular flexibility index (Phi) is 5.85. The Morgan fingerprint density at radius 3 is 2.77 bits per heavy atom. The molecule has 0 aliphatic carbocycles. The summed E-state index contributed by atoms with van der Waals surface area (Å²) in [7, 11) is 0. The normalized spacial score (nSPS) is 17.0. The Hall–Kier alpha value is -3.09. The lowest BCUT2D eigenvalue weighted by Gasteiger charge is -2.34. The minimum Gasteiger partial charge on any atom is -0.459 e. The average Bonchev–Trinajstić information content (AvgIpc) is 3.04. The highest BCUT2D eigenvalue weighted by molar-refractivity contribution is 5.76. The van der Waals surface area contributed by atoms with Crippen LogP contribution in [-0.4, -0.2) is 45.3 Å². The van der Waals surface area contributed by atoms with Crippen LogP contribution in [0.25, 0.3) is 11.0 Å². The number of para-hydroxylation sites is 2. The second kappa shape index (κ2) is 8.57. The fourth-order valence-electron chi connectivity index (χ4n) is 3.79. The molecule has 1 saturated heterocycles. The third-order valence-corrected chi connectivity index (χ3v) is 5.15. The molecule has 0 radical (unpaired) electrons. The molecule has 1 atom stereocenters. The summed E-state index contributed by atoms with van der Waals surface area (Å²) in [5.74, 6) is -0.273. The maximum atomic E-state index is 13.7.